The van der Waals surface area contributed by atoms with Crippen LogP contribution in [0.2, 0.25) is 10.0 Å². The number of rotatable bonds is 9. The molecule has 4 aromatic carbocycles. The van der Waals surface area contributed by atoms with Gasteiger partial charge in [-0.1, -0.05) is 71.7 Å². The van der Waals surface area contributed by atoms with Crippen LogP contribution in [-0.4, -0.2) is 20.4 Å². The van der Waals surface area contributed by atoms with E-state index in [9.17, 15) is 13.2 Å². The minimum Gasteiger partial charge on any atom is -0.457 e. The van der Waals surface area contributed by atoms with E-state index in [1.165, 1.54) is 18.2 Å². The Morgan fingerprint density at radius 1 is 0.806 bits per heavy atom. The van der Waals surface area contributed by atoms with Crippen LogP contribution in [0.5, 0.6) is 11.5 Å². The molecule has 0 fully saturated rings. The summed E-state index contributed by atoms with van der Waals surface area (Å²) < 4.78 is 34.5. The highest BCUT2D eigenvalue weighted by Gasteiger charge is 2.28. The van der Waals surface area contributed by atoms with Crippen molar-refractivity contribution in [1.29, 1.82) is 0 Å². The second kappa shape index (κ2) is 11.6. The topological polar surface area (TPSA) is 84.5 Å². The first kappa shape index (κ1) is 25.7. The van der Waals surface area contributed by atoms with E-state index in [4.69, 9.17) is 27.9 Å². The zero-order chi connectivity index (χ0) is 25.5. The molecule has 1 amide bonds. The molecule has 36 heavy (non-hydrogen) atoms. The van der Waals surface area contributed by atoms with E-state index >= 15 is 0 Å². The summed E-state index contributed by atoms with van der Waals surface area (Å²) in [5, 5.41) is 2.98. The second-order valence-corrected chi connectivity index (χ2v) is 10.4. The average Bonchev–Trinajstić information content (AvgIpc) is 2.87. The van der Waals surface area contributed by atoms with Gasteiger partial charge in [0.2, 0.25) is 15.9 Å². The van der Waals surface area contributed by atoms with Gasteiger partial charge in [-0.05, 0) is 66.6 Å². The first-order valence-electron chi connectivity index (χ1n) is 11.0. The minimum absolute atomic E-state index is 0.000209. The van der Waals surface area contributed by atoms with Crippen molar-refractivity contribution in [2.75, 3.05) is 5.32 Å². The smallest absolute Gasteiger partial charge is 0.242 e. The van der Waals surface area contributed by atoms with Crippen molar-refractivity contribution < 1.29 is 17.9 Å². The number of halogens is 2. The van der Waals surface area contributed by atoms with Crippen molar-refractivity contribution in [3.8, 4) is 11.5 Å². The van der Waals surface area contributed by atoms with Crippen LogP contribution in [0.4, 0.5) is 5.69 Å². The number of para-hydroxylation sites is 1. The number of nitrogens with one attached hydrogen (secondary N) is 2. The summed E-state index contributed by atoms with van der Waals surface area (Å²) in [6.45, 7) is 0. The van der Waals surface area contributed by atoms with Crippen molar-refractivity contribution in [2.45, 2.75) is 17.4 Å². The molecular weight excluding hydrogens is 519 g/mol. The molecular formula is C27H22Cl2N2O4S. The van der Waals surface area contributed by atoms with E-state index in [0.717, 1.165) is 5.56 Å². The van der Waals surface area contributed by atoms with Gasteiger partial charge in [0.05, 0.1) is 5.02 Å². The lowest BCUT2D eigenvalue weighted by Crippen LogP contribution is -2.45. The lowest BCUT2D eigenvalue weighted by Gasteiger charge is -2.19. The molecule has 0 unspecified atom stereocenters. The zero-order valence-electron chi connectivity index (χ0n) is 18.9. The summed E-state index contributed by atoms with van der Waals surface area (Å²) in [7, 11) is -4.16. The molecule has 0 aliphatic rings. The molecule has 0 bridgehead atoms. The Balaban J connectivity index is 1.53. The van der Waals surface area contributed by atoms with Crippen LogP contribution < -0.4 is 14.8 Å². The Labute approximate surface area is 219 Å². The summed E-state index contributed by atoms with van der Waals surface area (Å²) in [6.07, 6.45) is 0.124. The first-order valence-corrected chi connectivity index (χ1v) is 13.2. The fraction of sp³-hybridized carbons (Fsp3) is 0.0741. The zero-order valence-corrected chi connectivity index (χ0v) is 21.2. The average molecular weight is 541 g/mol. The van der Waals surface area contributed by atoms with E-state index in [0.29, 0.717) is 17.2 Å². The van der Waals surface area contributed by atoms with Crippen molar-refractivity contribution in [3.05, 3.63) is 119 Å². The Hall–Kier alpha value is -3.36. The molecule has 0 radical (unpaired) electrons. The van der Waals surface area contributed by atoms with Crippen LogP contribution in [0.3, 0.4) is 0 Å². The van der Waals surface area contributed by atoms with E-state index in [2.05, 4.69) is 10.0 Å². The number of anilines is 1. The molecule has 0 saturated heterocycles. The molecule has 0 heterocycles. The van der Waals surface area contributed by atoms with Crippen LogP contribution in [0.25, 0.3) is 0 Å². The number of sulfonamides is 1. The van der Waals surface area contributed by atoms with E-state index in [1.54, 1.807) is 24.3 Å². The van der Waals surface area contributed by atoms with Gasteiger partial charge in [-0.3, -0.25) is 4.79 Å². The third-order valence-corrected chi connectivity index (χ3v) is 7.37. The van der Waals surface area contributed by atoms with E-state index < -0.39 is 22.0 Å². The number of carbonyl (C=O) groups excluding carboxylic acids is 1. The van der Waals surface area contributed by atoms with Crippen LogP contribution >= 0.6 is 23.2 Å². The molecule has 1 atom stereocenters. The largest absolute Gasteiger partial charge is 0.457 e. The molecule has 2 N–H and O–H groups in total. The predicted octanol–water partition coefficient (Wildman–Crippen LogP) is 6.31. The molecule has 4 rings (SSSR count). The quantitative estimate of drug-likeness (QED) is 0.260. The third kappa shape index (κ3) is 6.86. The first-order chi connectivity index (χ1) is 17.3. The standard InChI is InChI=1S/C27H22Cl2N2O4S/c28-20-11-16-24(29)26(18-20)36(33,34)31-25(17-19-7-3-1-4-8-19)27(32)30-21-12-14-23(15-13-21)35-22-9-5-2-6-10-22/h1-16,18,25,31H,17H2,(H,30,32)/t25-/m1/s1. The Morgan fingerprint density at radius 2 is 1.42 bits per heavy atom. The molecule has 0 aliphatic carbocycles. The Bertz CT molecular complexity index is 1430. The molecule has 0 spiro atoms. The lowest BCUT2D eigenvalue weighted by atomic mass is 10.1. The normalized spacial score (nSPS) is 12.1. The SMILES string of the molecule is O=C(Nc1ccc(Oc2ccccc2)cc1)[C@@H](Cc1ccccc1)NS(=O)(=O)c1cc(Cl)ccc1Cl. The summed E-state index contributed by atoms with van der Waals surface area (Å²) in [5.41, 5.74) is 1.27. The molecule has 0 saturated carbocycles. The third-order valence-electron chi connectivity index (χ3n) is 5.18. The minimum atomic E-state index is -4.16. The molecule has 0 aromatic heterocycles. The van der Waals surface area contributed by atoms with Gasteiger partial charge >= 0.3 is 0 Å². The van der Waals surface area contributed by atoms with Gasteiger partial charge in [-0.15, -0.1) is 0 Å². The highest BCUT2D eigenvalue weighted by molar-refractivity contribution is 7.89. The monoisotopic (exact) mass is 540 g/mol. The number of benzene rings is 4. The fourth-order valence-corrected chi connectivity index (χ4v) is 5.39. The highest BCUT2D eigenvalue weighted by atomic mass is 35.5. The van der Waals surface area contributed by atoms with Crippen molar-refractivity contribution in [3.63, 3.8) is 0 Å². The number of hydrogen-bond donors (Lipinski definition) is 2. The van der Waals surface area contributed by atoms with E-state index in [-0.39, 0.29) is 21.4 Å². The number of amides is 1. The fourth-order valence-electron chi connectivity index (χ4n) is 3.43. The van der Waals surface area contributed by atoms with Crippen LogP contribution in [0, 0.1) is 0 Å². The molecule has 6 nitrogen and oxygen atoms in total. The summed E-state index contributed by atoms with van der Waals surface area (Å²) in [5.74, 6) is 0.750. The molecule has 9 heteroatoms. The van der Waals surface area contributed by atoms with Gasteiger partial charge in [0.25, 0.3) is 0 Å². The van der Waals surface area contributed by atoms with Gasteiger partial charge in [-0.2, -0.15) is 4.72 Å². The van der Waals surface area contributed by atoms with Crippen LogP contribution in [-0.2, 0) is 21.2 Å². The van der Waals surface area contributed by atoms with Gasteiger partial charge < -0.3 is 10.1 Å². The van der Waals surface area contributed by atoms with Crippen molar-refractivity contribution in [1.82, 2.24) is 4.72 Å². The highest BCUT2D eigenvalue weighted by Crippen LogP contribution is 2.26. The summed E-state index contributed by atoms with van der Waals surface area (Å²) in [6, 6.07) is 28.2. The van der Waals surface area contributed by atoms with Gasteiger partial charge in [-0.25, -0.2) is 8.42 Å². The maximum Gasteiger partial charge on any atom is 0.242 e. The van der Waals surface area contributed by atoms with Crippen molar-refractivity contribution in [2.24, 2.45) is 0 Å². The van der Waals surface area contributed by atoms with Gasteiger partial charge in [0, 0.05) is 10.7 Å². The number of hydrogen-bond acceptors (Lipinski definition) is 4. The molecule has 4 aromatic rings. The second-order valence-electron chi connectivity index (χ2n) is 7.87. The van der Waals surface area contributed by atoms with Gasteiger partial charge in [0.15, 0.2) is 0 Å². The maximum absolute atomic E-state index is 13.2. The predicted molar refractivity (Wildman–Crippen MR) is 142 cm³/mol. The summed E-state index contributed by atoms with van der Waals surface area (Å²) >= 11 is 12.1. The molecule has 0 aliphatic heterocycles. The summed E-state index contributed by atoms with van der Waals surface area (Å²) in [4.78, 5) is 13.0. The van der Waals surface area contributed by atoms with E-state index in [1.807, 2.05) is 60.7 Å². The number of ether oxygens (including phenoxy) is 1. The van der Waals surface area contributed by atoms with Crippen LogP contribution in [0.1, 0.15) is 5.56 Å². The maximum atomic E-state index is 13.2. The Morgan fingerprint density at radius 3 is 2.08 bits per heavy atom. The molecule has 184 valence electrons. The number of carbonyl (C=O) groups is 1. The van der Waals surface area contributed by atoms with Gasteiger partial charge in [0.1, 0.15) is 22.4 Å². The Kier molecular flexibility index (Phi) is 8.28. The van der Waals surface area contributed by atoms with Crippen molar-refractivity contribution >= 4 is 44.8 Å². The lowest BCUT2D eigenvalue weighted by molar-refractivity contribution is -0.117. The van der Waals surface area contributed by atoms with Crippen LogP contribution in [0.15, 0.2) is 108 Å².